The zero-order valence-electron chi connectivity index (χ0n) is 11.0. The Balaban J connectivity index is 1.78. The van der Waals surface area contributed by atoms with Gasteiger partial charge in [-0.2, -0.15) is 0 Å². The first-order chi connectivity index (χ1) is 10.2. The second kappa shape index (κ2) is 7.25. The Morgan fingerprint density at radius 2 is 2.19 bits per heavy atom. The van der Waals surface area contributed by atoms with E-state index in [0.29, 0.717) is 17.9 Å². The van der Waals surface area contributed by atoms with E-state index in [-0.39, 0.29) is 18.3 Å². The molecule has 1 amide bonds. The molecule has 2 rings (SSSR count). The molecule has 0 fully saturated rings. The molecule has 1 aromatic heterocycles. The summed E-state index contributed by atoms with van der Waals surface area (Å²) in [7, 11) is 0. The van der Waals surface area contributed by atoms with Crippen molar-refractivity contribution in [2.45, 2.75) is 6.54 Å². The molecule has 0 spiro atoms. The van der Waals surface area contributed by atoms with Gasteiger partial charge in [0.05, 0.1) is 17.7 Å². The van der Waals surface area contributed by atoms with Gasteiger partial charge in [-0.25, -0.2) is 4.98 Å². The summed E-state index contributed by atoms with van der Waals surface area (Å²) in [5, 5.41) is 16.0. The molecule has 0 atom stereocenters. The predicted octanol–water partition coefficient (Wildman–Crippen LogP) is 0.933. The third-order valence-corrected chi connectivity index (χ3v) is 3.21. The van der Waals surface area contributed by atoms with E-state index < -0.39 is 0 Å². The quantitative estimate of drug-likeness (QED) is 0.318. The van der Waals surface area contributed by atoms with Gasteiger partial charge in [-0.05, 0) is 24.3 Å². The van der Waals surface area contributed by atoms with Crippen molar-refractivity contribution in [1.82, 2.24) is 10.3 Å². The molecular weight excluding hydrogens is 292 g/mol. The number of oxime groups is 1. The molecule has 0 radical (unpaired) electrons. The van der Waals surface area contributed by atoms with Crippen molar-refractivity contribution in [3.63, 3.8) is 0 Å². The summed E-state index contributed by atoms with van der Waals surface area (Å²) in [4.78, 5) is 15.7. The van der Waals surface area contributed by atoms with Gasteiger partial charge >= 0.3 is 0 Å². The van der Waals surface area contributed by atoms with Crippen LogP contribution in [0.5, 0.6) is 5.75 Å². The number of amides is 1. The Morgan fingerprint density at radius 1 is 1.43 bits per heavy atom. The first-order valence-electron chi connectivity index (χ1n) is 6.03. The van der Waals surface area contributed by atoms with Crippen LogP contribution in [0.3, 0.4) is 0 Å². The summed E-state index contributed by atoms with van der Waals surface area (Å²) >= 11 is 1.48. The Morgan fingerprint density at radius 3 is 2.81 bits per heavy atom. The van der Waals surface area contributed by atoms with Gasteiger partial charge in [0.25, 0.3) is 5.91 Å². The maximum absolute atomic E-state index is 11.6. The summed E-state index contributed by atoms with van der Waals surface area (Å²) in [6.45, 7) is 0.293. The van der Waals surface area contributed by atoms with Crippen LogP contribution in [0.15, 0.2) is 40.3 Å². The van der Waals surface area contributed by atoms with Gasteiger partial charge in [-0.1, -0.05) is 5.16 Å². The van der Waals surface area contributed by atoms with Crippen molar-refractivity contribution in [1.29, 1.82) is 0 Å². The van der Waals surface area contributed by atoms with Crippen LogP contribution in [0.1, 0.15) is 11.3 Å². The fourth-order valence-corrected chi connectivity index (χ4v) is 2.05. The largest absolute Gasteiger partial charge is 0.484 e. The van der Waals surface area contributed by atoms with Gasteiger partial charge in [0.2, 0.25) is 0 Å². The third kappa shape index (κ3) is 4.46. The summed E-state index contributed by atoms with van der Waals surface area (Å²) in [5.74, 6) is 0.305. The van der Waals surface area contributed by atoms with Crippen molar-refractivity contribution in [2.75, 3.05) is 6.61 Å². The maximum atomic E-state index is 11.6. The van der Waals surface area contributed by atoms with Crippen LogP contribution in [-0.2, 0) is 11.3 Å². The predicted molar refractivity (Wildman–Crippen MR) is 78.4 cm³/mol. The highest BCUT2D eigenvalue weighted by Gasteiger charge is 2.04. The number of carbonyl (C=O) groups is 1. The lowest BCUT2D eigenvalue weighted by Gasteiger charge is -2.07. The Kier molecular flexibility index (Phi) is 5.10. The summed E-state index contributed by atoms with van der Waals surface area (Å²) in [5.41, 5.74) is 8.54. The highest BCUT2D eigenvalue weighted by atomic mass is 32.1. The summed E-state index contributed by atoms with van der Waals surface area (Å²) in [6, 6.07) is 6.55. The van der Waals surface area contributed by atoms with E-state index in [9.17, 15) is 4.79 Å². The number of amidine groups is 1. The van der Waals surface area contributed by atoms with Gasteiger partial charge < -0.3 is 21.0 Å². The van der Waals surface area contributed by atoms with E-state index >= 15 is 0 Å². The van der Waals surface area contributed by atoms with Crippen LogP contribution >= 0.6 is 11.3 Å². The van der Waals surface area contributed by atoms with Gasteiger partial charge in [0.15, 0.2) is 12.4 Å². The van der Waals surface area contributed by atoms with Crippen LogP contribution in [0.25, 0.3) is 0 Å². The van der Waals surface area contributed by atoms with Crippen molar-refractivity contribution in [3.05, 3.63) is 46.4 Å². The van der Waals surface area contributed by atoms with E-state index in [4.69, 9.17) is 15.7 Å². The molecule has 0 aliphatic carbocycles. The Bertz CT molecular complexity index is 611. The molecule has 0 saturated carbocycles. The van der Waals surface area contributed by atoms with E-state index in [1.54, 1.807) is 29.8 Å². The molecule has 8 heteroatoms. The molecular formula is C13H14N4O3S. The van der Waals surface area contributed by atoms with Gasteiger partial charge in [-0.15, -0.1) is 11.3 Å². The fraction of sp³-hybridized carbons (Fsp3) is 0.154. The molecule has 0 saturated heterocycles. The number of nitrogens with zero attached hydrogens (tertiary/aromatic N) is 2. The number of nitrogens with two attached hydrogens (primary N) is 1. The number of aromatic nitrogens is 1. The Labute approximate surface area is 125 Å². The number of benzene rings is 1. The standard InChI is InChI=1S/C13H14N4O3S/c14-13(17-19)9-1-3-11(4-2-9)20-6-12(18)15-5-10-7-21-8-16-10/h1-4,7-8,19H,5-6H2,(H2,14,17)(H,15,18). The molecule has 0 unspecified atom stereocenters. The highest BCUT2D eigenvalue weighted by molar-refractivity contribution is 7.07. The number of hydrogen-bond acceptors (Lipinski definition) is 6. The zero-order chi connectivity index (χ0) is 15.1. The highest BCUT2D eigenvalue weighted by Crippen LogP contribution is 2.11. The van der Waals surface area contributed by atoms with E-state index in [1.165, 1.54) is 11.3 Å². The molecule has 110 valence electrons. The van der Waals surface area contributed by atoms with Gasteiger partial charge in [0.1, 0.15) is 5.75 Å². The lowest BCUT2D eigenvalue weighted by molar-refractivity contribution is -0.123. The number of hydrogen-bond donors (Lipinski definition) is 3. The second-order valence-electron chi connectivity index (χ2n) is 4.05. The maximum Gasteiger partial charge on any atom is 0.258 e. The fourth-order valence-electron chi connectivity index (χ4n) is 1.49. The molecule has 0 bridgehead atoms. The molecule has 21 heavy (non-hydrogen) atoms. The van der Waals surface area contributed by atoms with Crippen LogP contribution in [-0.4, -0.2) is 28.5 Å². The monoisotopic (exact) mass is 306 g/mol. The van der Waals surface area contributed by atoms with E-state index in [1.807, 2.05) is 5.38 Å². The normalized spacial score (nSPS) is 11.1. The van der Waals surface area contributed by atoms with Gasteiger partial charge in [0, 0.05) is 10.9 Å². The molecule has 2 aromatic rings. The molecule has 0 aliphatic rings. The number of nitrogens with one attached hydrogen (secondary N) is 1. The zero-order valence-corrected chi connectivity index (χ0v) is 11.8. The smallest absolute Gasteiger partial charge is 0.258 e. The van der Waals surface area contributed by atoms with E-state index in [0.717, 1.165) is 5.69 Å². The number of thiazole rings is 1. The van der Waals surface area contributed by atoms with Crippen molar-refractivity contribution >= 4 is 23.1 Å². The minimum atomic E-state index is -0.233. The first-order valence-corrected chi connectivity index (χ1v) is 6.98. The summed E-state index contributed by atoms with van der Waals surface area (Å²) < 4.78 is 5.33. The van der Waals surface area contributed by atoms with Crippen molar-refractivity contribution in [2.24, 2.45) is 10.9 Å². The van der Waals surface area contributed by atoms with Crippen LogP contribution in [0, 0.1) is 0 Å². The SMILES string of the molecule is NC(=NO)c1ccc(OCC(=O)NCc2cscn2)cc1. The average molecular weight is 306 g/mol. The first kappa shape index (κ1) is 14.8. The van der Waals surface area contributed by atoms with Crippen molar-refractivity contribution in [3.8, 4) is 5.75 Å². The third-order valence-electron chi connectivity index (χ3n) is 2.58. The van der Waals surface area contributed by atoms with Crippen LogP contribution in [0.4, 0.5) is 0 Å². The lowest BCUT2D eigenvalue weighted by Crippen LogP contribution is -2.28. The average Bonchev–Trinajstić information content (AvgIpc) is 3.04. The number of carbonyl (C=O) groups excluding carboxylic acids is 1. The van der Waals surface area contributed by atoms with Crippen molar-refractivity contribution < 1.29 is 14.7 Å². The number of ether oxygens (including phenoxy) is 1. The lowest BCUT2D eigenvalue weighted by atomic mass is 10.2. The Hall–Kier alpha value is -2.61. The molecule has 7 nitrogen and oxygen atoms in total. The molecule has 1 heterocycles. The molecule has 4 N–H and O–H groups in total. The number of rotatable bonds is 6. The minimum absolute atomic E-state index is 0.0163. The van der Waals surface area contributed by atoms with Gasteiger partial charge in [-0.3, -0.25) is 4.79 Å². The van der Waals surface area contributed by atoms with Crippen LogP contribution < -0.4 is 15.8 Å². The summed E-state index contributed by atoms with van der Waals surface area (Å²) in [6.07, 6.45) is 0. The molecule has 0 aliphatic heterocycles. The molecule has 1 aromatic carbocycles. The second-order valence-corrected chi connectivity index (χ2v) is 4.77. The van der Waals surface area contributed by atoms with E-state index in [2.05, 4.69) is 15.5 Å². The van der Waals surface area contributed by atoms with Crippen LogP contribution in [0.2, 0.25) is 0 Å². The minimum Gasteiger partial charge on any atom is -0.484 e. The topological polar surface area (TPSA) is 110 Å².